The van der Waals surface area contributed by atoms with Crippen molar-refractivity contribution in [2.75, 3.05) is 54.0 Å². The topological polar surface area (TPSA) is 57.2 Å². The van der Waals surface area contributed by atoms with Crippen molar-refractivity contribution in [2.24, 2.45) is 10.9 Å². The molecule has 1 saturated carbocycles. The average Bonchev–Trinajstić information content (AvgIpc) is 3.26. The lowest BCUT2D eigenvalue weighted by Crippen LogP contribution is -2.46. The lowest BCUT2D eigenvalue weighted by atomic mass is 10.4. The second kappa shape index (κ2) is 11.0. The molecule has 0 atom stereocenters. The maximum Gasteiger partial charge on any atom is 0.406 e. The minimum absolute atomic E-state index is 0. The first-order chi connectivity index (χ1) is 10.7. The fourth-order valence-corrected chi connectivity index (χ4v) is 1.87. The van der Waals surface area contributed by atoms with E-state index in [4.69, 9.17) is 4.74 Å². The van der Waals surface area contributed by atoms with E-state index in [2.05, 4.69) is 10.3 Å². The van der Waals surface area contributed by atoms with Gasteiger partial charge in [-0.25, -0.2) is 0 Å². The van der Waals surface area contributed by atoms with E-state index in [9.17, 15) is 18.0 Å². The third kappa shape index (κ3) is 10.2. The maximum atomic E-state index is 12.2. The molecule has 1 rings (SSSR count). The summed E-state index contributed by atoms with van der Waals surface area (Å²) in [5.41, 5.74) is 0. The van der Waals surface area contributed by atoms with Crippen LogP contribution in [0, 0.1) is 5.92 Å². The van der Waals surface area contributed by atoms with Crippen LogP contribution >= 0.6 is 24.0 Å². The molecule has 0 bridgehead atoms. The Balaban J connectivity index is 0.00000529. The van der Waals surface area contributed by atoms with Crippen LogP contribution in [-0.2, 0) is 9.53 Å². The van der Waals surface area contributed by atoms with Crippen LogP contribution in [0.5, 0.6) is 0 Å². The number of halogens is 4. The Bertz CT molecular complexity index is 417. The van der Waals surface area contributed by atoms with Gasteiger partial charge in [0.05, 0.1) is 13.2 Å². The molecule has 1 fully saturated rings. The Labute approximate surface area is 157 Å². The maximum absolute atomic E-state index is 12.2. The normalized spacial score (nSPS) is 14.8. The molecule has 0 aromatic heterocycles. The van der Waals surface area contributed by atoms with Crippen molar-refractivity contribution < 1.29 is 22.7 Å². The van der Waals surface area contributed by atoms with Crippen molar-refractivity contribution >= 4 is 35.8 Å². The molecular formula is C14H26F3IN4O2. The highest BCUT2D eigenvalue weighted by atomic mass is 127. The third-order valence-electron chi connectivity index (χ3n) is 3.43. The fourth-order valence-electron chi connectivity index (χ4n) is 1.87. The first-order valence-corrected chi connectivity index (χ1v) is 7.53. The van der Waals surface area contributed by atoms with Gasteiger partial charge in [0.2, 0.25) is 5.91 Å². The van der Waals surface area contributed by atoms with Gasteiger partial charge in [-0.1, -0.05) is 0 Å². The van der Waals surface area contributed by atoms with Crippen LogP contribution < -0.4 is 5.32 Å². The van der Waals surface area contributed by atoms with Crippen LogP contribution in [0.1, 0.15) is 12.8 Å². The molecule has 0 spiro atoms. The van der Waals surface area contributed by atoms with Gasteiger partial charge in [0, 0.05) is 34.3 Å². The molecule has 1 aliphatic carbocycles. The first kappa shape index (κ1) is 23.2. The van der Waals surface area contributed by atoms with Gasteiger partial charge < -0.3 is 19.9 Å². The molecule has 6 nitrogen and oxygen atoms in total. The van der Waals surface area contributed by atoms with E-state index in [-0.39, 0.29) is 30.5 Å². The Kier molecular flexibility index (Phi) is 10.6. The molecule has 0 aromatic rings. The van der Waals surface area contributed by atoms with E-state index in [1.165, 1.54) is 12.8 Å². The highest BCUT2D eigenvalue weighted by Gasteiger charge is 2.31. The van der Waals surface area contributed by atoms with Gasteiger partial charge in [0.15, 0.2) is 5.96 Å². The average molecular weight is 466 g/mol. The zero-order valence-corrected chi connectivity index (χ0v) is 16.6. The number of nitrogens with one attached hydrogen (secondary N) is 1. The van der Waals surface area contributed by atoms with Crippen LogP contribution in [0.3, 0.4) is 0 Å². The minimum Gasteiger partial charge on any atom is -0.379 e. The largest absolute Gasteiger partial charge is 0.406 e. The second-order valence-electron chi connectivity index (χ2n) is 5.71. The Hall–Kier alpha value is -0.780. The van der Waals surface area contributed by atoms with Gasteiger partial charge >= 0.3 is 6.18 Å². The number of carbonyl (C=O) groups excluding carboxylic acids is 1. The summed E-state index contributed by atoms with van der Waals surface area (Å²) in [7, 11) is 4.45. The van der Waals surface area contributed by atoms with Crippen molar-refractivity contribution in [3.63, 3.8) is 0 Å². The summed E-state index contributed by atoms with van der Waals surface area (Å²) in [4.78, 5) is 18.1. The molecule has 10 heteroatoms. The lowest BCUT2D eigenvalue weighted by molar-refractivity contribution is -0.157. The summed E-state index contributed by atoms with van der Waals surface area (Å²) >= 11 is 0. The summed E-state index contributed by atoms with van der Waals surface area (Å²) in [5.74, 6) is 0.482. The van der Waals surface area contributed by atoms with Crippen LogP contribution in [0.25, 0.3) is 0 Å². The molecule has 0 unspecified atom stereocenters. The van der Waals surface area contributed by atoms with Crippen LogP contribution in [-0.4, -0.2) is 81.8 Å². The van der Waals surface area contributed by atoms with Crippen LogP contribution in [0.15, 0.2) is 4.99 Å². The predicted octanol–water partition coefficient (Wildman–Crippen LogP) is 1.56. The predicted molar refractivity (Wildman–Crippen MR) is 96.6 cm³/mol. The molecule has 1 aliphatic rings. The van der Waals surface area contributed by atoms with Crippen molar-refractivity contribution in [3.05, 3.63) is 0 Å². The van der Waals surface area contributed by atoms with Gasteiger partial charge in [0.25, 0.3) is 0 Å². The molecule has 0 saturated heterocycles. The van der Waals surface area contributed by atoms with Gasteiger partial charge in [-0.3, -0.25) is 9.79 Å². The smallest absolute Gasteiger partial charge is 0.379 e. The summed E-state index contributed by atoms with van der Waals surface area (Å²) in [6.45, 7) is 0.374. The van der Waals surface area contributed by atoms with Crippen molar-refractivity contribution in [2.45, 2.75) is 19.0 Å². The van der Waals surface area contributed by atoms with E-state index in [1.54, 1.807) is 19.0 Å². The monoisotopic (exact) mass is 466 g/mol. The number of carbonyl (C=O) groups is 1. The Morgan fingerprint density at radius 1 is 1.29 bits per heavy atom. The number of guanidine groups is 1. The quantitative estimate of drug-likeness (QED) is 0.256. The highest BCUT2D eigenvalue weighted by molar-refractivity contribution is 14.0. The standard InChI is InChI=1S/C14H25F3N4O2.HI/c1-18-13(20(2)6-7-23-9-11-4-5-11)19-8-12(22)21(3)10-14(15,16)17;/h11H,4-10H2,1-3H3,(H,18,19);1H. The van der Waals surface area contributed by atoms with Gasteiger partial charge in [-0.05, 0) is 18.8 Å². The zero-order chi connectivity index (χ0) is 17.5. The number of hydrogen-bond donors (Lipinski definition) is 1. The van der Waals surface area contributed by atoms with E-state index < -0.39 is 18.6 Å². The van der Waals surface area contributed by atoms with Gasteiger partial charge in [-0.15, -0.1) is 24.0 Å². The summed E-state index contributed by atoms with van der Waals surface area (Å²) in [6.07, 6.45) is -1.94. The van der Waals surface area contributed by atoms with Gasteiger partial charge in [0.1, 0.15) is 6.54 Å². The lowest BCUT2D eigenvalue weighted by Gasteiger charge is -2.23. The van der Waals surface area contributed by atoms with Crippen molar-refractivity contribution in [3.8, 4) is 0 Å². The van der Waals surface area contributed by atoms with E-state index in [0.29, 0.717) is 29.9 Å². The highest BCUT2D eigenvalue weighted by Crippen LogP contribution is 2.28. The number of likely N-dealkylation sites (N-methyl/N-ethyl adjacent to an activating group) is 2. The van der Waals surface area contributed by atoms with E-state index >= 15 is 0 Å². The Morgan fingerprint density at radius 3 is 2.42 bits per heavy atom. The number of aliphatic imine (C=N–C) groups is 1. The minimum atomic E-state index is -4.40. The molecule has 142 valence electrons. The van der Waals surface area contributed by atoms with E-state index in [1.807, 2.05) is 0 Å². The number of amides is 1. The van der Waals surface area contributed by atoms with Crippen molar-refractivity contribution in [1.29, 1.82) is 0 Å². The summed E-state index contributed by atoms with van der Waals surface area (Å²) < 4.78 is 42.2. The summed E-state index contributed by atoms with van der Waals surface area (Å²) in [6, 6.07) is 0. The number of nitrogens with zero attached hydrogens (tertiary/aromatic N) is 3. The molecular weight excluding hydrogens is 440 g/mol. The molecule has 0 heterocycles. The third-order valence-corrected chi connectivity index (χ3v) is 3.43. The molecule has 1 N–H and O–H groups in total. The number of rotatable bonds is 8. The fraction of sp³-hybridized carbons (Fsp3) is 0.857. The van der Waals surface area contributed by atoms with Crippen LogP contribution in [0.4, 0.5) is 13.2 Å². The van der Waals surface area contributed by atoms with Gasteiger partial charge in [-0.2, -0.15) is 13.2 Å². The first-order valence-electron chi connectivity index (χ1n) is 7.53. The molecule has 0 radical (unpaired) electrons. The number of ether oxygens (including phenoxy) is 1. The number of alkyl halides is 3. The SMILES string of the molecule is CN=C(NCC(=O)N(C)CC(F)(F)F)N(C)CCOCC1CC1.I. The zero-order valence-electron chi connectivity index (χ0n) is 14.2. The number of hydrogen-bond acceptors (Lipinski definition) is 3. The van der Waals surface area contributed by atoms with E-state index in [0.717, 1.165) is 13.7 Å². The van der Waals surface area contributed by atoms with Crippen molar-refractivity contribution in [1.82, 2.24) is 15.1 Å². The second-order valence-corrected chi connectivity index (χ2v) is 5.71. The molecule has 24 heavy (non-hydrogen) atoms. The summed E-state index contributed by atoms with van der Waals surface area (Å²) in [5, 5.41) is 2.76. The molecule has 1 amide bonds. The molecule has 0 aromatic carbocycles. The van der Waals surface area contributed by atoms with Crippen LogP contribution in [0.2, 0.25) is 0 Å². The Morgan fingerprint density at radius 2 is 1.92 bits per heavy atom. The molecule has 0 aliphatic heterocycles.